The number of hydrogen-bond acceptors (Lipinski definition) is 0. The largest absolute Gasteiger partial charge is 0.416 e. The Bertz CT molecular complexity index is 458. The molecule has 17 heavy (non-hydrogen) atoms. The summed E-state index contributed by atoms with van der Waals surface area (Å²) in [5.74, 6) is 0. The van der Waals surface area contributed by atoms with Crippen LogP contribution >= 0.6 is 32.8 Å². The van der Waals surface area contributed by atoms with Gasteiger partial charge in [0.15, 0.2) is 0 Å². The van der Waals surface area contributed by atoms with E-state index in [4.69, 9.17) is 0 Å². The SMILES string of the molecule is FC(F)(F)c1cc(I)cc(S(F)(F)(F)(F)F)c1. The van der Waals surface area contributed by atoms with Crippen LogP contribution in [0.4, 0.5) is 32.6 Å². The molecular weight excluding hydrogens is 395 g/mol. The molecule has 1 aromatic rings. The van der Waals surface area contributed by atoms with Crippen molar-refractivity contribution in [2.24, 2.45) is 0 Å². The standard InChI is InChI=1S/C7H3F8IS/c8-7(9,10)4-1-5(16)3-6(2-4)17(11,12,13,14)15/h1-3H. The third-order valence-corrected chi connectivity index (χ3v) is 3.39. The van der Waals surface area contributed by atoms with Gasteiger partial charge in [-0.3, -0.25) is 0 Å². The predicted molar refractivity (Wildman–Crippen MR) is 55.6 cm³/mol. The van der Waals surface area contributed by atoms with E-state index in [1.807, 2.05) is 0 Å². The van der Waals surface area contributed by atoms with Crippen LogP contribution < -0.4 is 0 Å². The highest BCUT2D eigenvalue weighted by Crippen LogP contribution is 3.02. The topological polar surface area (TPSA) is 0 Å². The molecule has 0 saturated heterocycles. The van der Waals surface area contributed by atoms with Crippen molar-refractivity contribution in [3.05, 3.63) is 27.3 Å². The number of alkyl halides is 3. The molecule has 0 unspecified atom stereocenters. The molecule has 0 radical (unpaired) electrons. The van der Waals surface area contributed by atoms with Gasteiger partial charge in [0.25, 0.3) is 0 Å². The number of hydrogen-bond donors (Lipinski definition) is 0. The van der Waals surface area contributed by atoms with Gasteiger partial charge in [-0.25, -0.2) is 0 Å². The minimum absolute atomic E-state index is 0.0165. The van der Waals surface area contributed by atoms with Gasteiger partial charge in [-0.1, -0.05) is 19.4 Å². The van der Waals surface area contributed by atoms with Crippen molar-refractivity contribution < 1.29 is 32.6 Å². The average Bonchev–Trinajstić information content (AvgIpc) is 1.96. The molecule has 1 rings (SSSR count). The average molecular weight is 398 g/mol. The zero-order chi connectivity index (χ0) is 13.8. The second kappa shape index (κ2) is 3.19. The summed E-state index contributed by atoms with van der Waals surface area (Å²) in [5.41, 5.74) is -1.76. The summed E-state index contributed by atoms with van der Waals surface area (Å²) in [6, 6.07) is -0.241. The molecule has 10 heteroatoms. The molecule has 0 fully saturated rings. The van der Waals surface area contributed by atoms with E-state index in [-0.39, 0.29) is 6.07 Å². The first kappa shape index (κ1) is 14.8. The first-order valence-electron chi connectivity index (χ1n) is 3.71. The van der Waals surface area contributed by atoms with Gasteiger partial charge < -0.3 is 0 Å². The molecule has 0 bridgehead atoms. The normalized spacial score (nSPS) is 17.5. The van der Waals surface area contributed by atoms with Crippen LogP contribution in [0.3, 0.4) is 0 Å². The lowest BCUT2D eigenvalue weighted by atomic mass is 10.2. The monoisotopic (exact) mass is 398 g/mol. The van der Waals surface area contributed by atoms with Crippen LogP contribution in [-0.2, 0) is 6.18 Å². The number of halogens is 9. The lowest BCUT2D eigenvalue weighted by Gasteiger charge is -2.40. The second-order valence-corrected chi connectivity index (χ2v) is 6.80. The predicted octanol–water partition coefficient (Wildman–Crippen LogP) is 5.97. The molecular formula is C7H3F8IS. The van der Waals surface area contributed by atoms with Crippen LogP contribution in [0.15, 0.2) is 23.1 Å². The summed E-state index contributed by atoms with van der Waals surface area (Å²) in [6.45, 7) is 0. The van der Waals surface area contributed by atoms with Gasteiger partial charge in [0.1, 0.15) is 4.90 Å². The van der Waals surface area contributed by atoms with Gasteiger partial charge in [0, 0.05) is 3.57 Å². The molecule has 0 aliphatic rings. The summed E-state index contributed by atoms with van der Waals surface area (Å²) in [4.78, 5) is -2.54. The molecule has 0 aliphatic carbocycles. The third kappa shape index (κ3) is 3.86. The molecule has 0 N–H and O–H groups in total. The molecule has 1 aromatic carbocycles. The van der Waals surface area contributed by atoms with Crippen molar-refractivity contribution >= 4 is 32.8 Å². The minimum Gasteiger partial charge on any atom is -0.166 e. The second-order valence-electron chi connectivity index (χ2n) is 3.14. The molecule has 0 heterocycles. The number of rotatable bonds is 1. The van der Waals surface area contributed by atoms with Gasteiger partial charge in [-0.2, -0.15) is 13.2 Å². The molecule has 0 atom stereocenters. The summed E-state index contributed by atoms with van der Waals surface area (Å²) >= 11 is 1.11. The van der Waals surface area contributed by atoms with Crippen molar-refractivity contribution in [1.29, 1.82) is 0 Å². The smallest absolute Gasteiger partial charge is 0.166 e. The van der Waals surface area contributed by atoms with Gasteiger partial charge in [0.05, 0.1) is 5.56 Å². The highest BCUT2D eigenvalue weighted by molar-refractivity contribution is 14.1. The van der Waals surface area contributed by atoms with Gasteiger partial charge in [0.2, 0.25) is 0 Å². The van der Waals surface area contributed by atoms with Crippen molar-refractivity contribution in [3.63, 3.8) is 0 Å². The Hall–Kier alpha value is -0.260. The fourth-order valence-electron chi connectivity index (χ4n) is 0.949. The number of benzene rings is 1. The van der Waals surface area contributed by atoms with Crippen molar-refractivity contribution in [2.75, 3.05) is 0 Å². The van der Waals surface area contributed by atoms with E-state index in [0.29, 0.717) is 6.07 Å². The van der Waals surface area contributed by atoms with E-state index in [9.17, 15) is 32.6 Å². The Labute approximate surface area is 104 Å². The molecule has 0 amide bonds. The van der Waals surface area contributed by atoms with E-state index >= 15 is 0 Å². The maximum absolute atomic E-state index is 12.3. The summed E-state index contributed by atoms with van der Waals surface area (Å²) in [7, 11) is -10.1. The Morgan fingerprint density at radius 3 is 1.71 bits per heavy atom. The maximum atomic E-state index is 12.3. The minimum atomic E-state index is -10.1. The van der Waals surface area contributed by atoms with E-state index in [2.05, 4.69) is 0 Å². The van der Waals surface area contributed by atoms with Gasteiger partial charge in [-0.15, -0.1) is 0 Å². The van der Waals surface area contributed by atoms with Crippen molar-refractivity contribution in [1.82, 2.24) is 0 Å². The molecule has 100 valence electrons. The third-order valence-electron chi connectivity index (χ3n) is 1.64. The van der Waals surface area contributed by atoms with Crippen LogP contribution in [0.25, 0.3) is 0 Å². The van der Waals surface area contributed by atoms with Crippen LogP contribution in [0.2, 0.25) is 0 Å². The molecule has 0 saturated carbocycles. The fraction of sp³-hybridized carbons (Fsp3) is 0.143. The summed E-state index contributed by atoms with van der Waals surface area (Å²) in [6.07, 6.45) is -5.11. The molecule has 0 nitrogen and oxygen atoms in total. The lowest BCUT2D eigenvalue weighted by molar-refractivity contribution is -0.137. The Morgan fingerprint density at radius 2 is 1.35 bits per heavy atom. The van der Waals surface area contributed by atoms with Gasteiger partial charge >= 0.3 is 16.4 Å². The highest BCUT2D eigenvalue weighted by atomic mass is 127. The molecule has 0 aromatic heterocycles. The zero-order valence-electron chi connectivity index (χ0n) is 7.54. The van der Waals surface area contributed by atoms with E-state index < -0.39 is 36.5 Å². The lowest BCUT2D eigenvalue weighted by Crippen LogP contribution is -2.11. The highest BCUT2D eigenvalue weighted by Gasteiger charge is 2.65. The first-order valence-corrected chi connectivity index (χ1v) is 6.74. The Morgan fingerprint density at radius 1 is 0.882 bits per heavy atom. The van der Waals surface area contributed by atoms with Crippen LogP contribution in [0, 0.1) is 3.57 Å². The fourth-order valence-corrected chi connectivity index (χ4v) is 2.53. The van der Waals surface area contributed by atoms with Crippen molar-refractivity contribution in [3.8, 4) is 0 Å². The van der Waals surface area contributed by atoms with Crippen LogP contribution in [0.1, 0.15) is 5.56 Å². The summed E-state index contributed by atoms with van der Waals surface area (Å²) < 4.78 is 97.6. The van der Waals surface area contributed by atoms with Crippen LogP contribution in [0.5, 0.6) is 0 Å². The quantitative estimate of drug-likeness (QED) is 0.404. The maximum Gasteiger partial charge on any atom is 0.416 e. The Balaban J connectivity index is 3.57. The van der Waals surface area contributed by atoms with E-state index in [0.717, 1.165) is 22.6 Å². The summed E-state index contributed by atoms with van der Waals surface area (Å²) in [5, 5.41) is 0. The zero-order valence-corrected chi connectivity index (χ0v) is 10.5. The van der Waals surface area contributed by atoms with Crippen LogP contribution in [-0.4, -0.2) is 0 Å². The van der Waals surface area contributed by atoms with Gasteiger partial charge in [-0.05, 0) is 40.8 Å². The Kier molecular flexibility index (Phi) is 2.78. The molecule has 0 spiro atoms. The van der Waals surface area contributed by atoms with E-state index in [1.165, 1.54) is 0 Å². The van der Waals surface area contributed by atoms with Crippen molar-refractivity contribution in [2.45, 2.75) is 11.1 Å². The first-order chi connectivity index (χ1) is 7.09. The van der Waals surface area contributed by atoms with E-state index in [1.54, 1.807) is 0 Å². The molecule has 0 aliphatic heterocycles.